The van der Waals surface area contributed by atoms with Gasteiger partial charge in [0.05, 0.1) is 23.3 Å². The van der Waals surface area contributed by atoms with Gasteiger partial charge in [-0.1, -0.05) is 6.92 Å². The number of carbonyl (C=O) groups is 2. The molecule has 154 valence electrons. The standard InChI is InChI=1S/C20H23N3O6/c1-14-4-2-8-22(12-14)17-7-6-15(10-18(17)23(26)27)20(25)29-13-19(24)21-11-16-5-3-9-28-16/h3,5-7,9-10,14H,2,4,8,11-13H2,1H3,(H,21,24). The number of esters is 1. The molecule has 0 spiro atoms. The van der Waals surface area contributed by atoms with Crippen LogP contribution in [0.5, 0.6) is 0 Å². The Morgan fingerprint density at radius 2 is 2.21 bits per heavy atom. The van der Waals surface area contributed by atoms with Crippen LogP contribution in [0.25, 0.3) is 0 Å². The highest BCUT2D eigenvalue weighted by Crippen LogP contribution is 2.32. The van der Waals surface area contributed by atoms with E-state index in [0.717, 1.165) is 25.9 Å². The second-order valence-corrected chi connectivity index (χ2v) is 7.09. The molecule has 9 heteroatoms. The molecule has 1 saturated heterocycles. The van der Waals surface area contributed by atoms with Gasteiger partial charge in [0.15, 0.2) is 6.61 Å². The van der Waals surface area contributed by atoms with E-state index in [9.17, 15) is 19.7 Å². The zero-order chi connectivity index (χ0) is 20.8. The Bertz CT molecular complexity index is 880. The van der Waals surface area contributed by atoms with Gasteiger partial charge in [-0.05, 0) is 43.0 Å². The Balaban J connectivity index is 1.62. The van der Waals surface area contributed by atoms with Crippen molar-refractivity contribution in [3.8, 4) is 0 Å². The number of carbonyl (C=O) groups excluding carboxylic acids is 2. The van der Waals surface area contributed by atoms with Gasteiger partial charge < -0.3 is 19.4 Å². The molecule has 1 N–H and O–H groups in total. The fraction of sp³-hybridized carbons (Fsp3) is 0.400. The summed E-state index contributed by atoms with van der Waals surface area (Å²) in [6, 6.07) is 7.67. The summed E-state index contributed by atoms with van der Waals surface area (Å²) in [7, 11) is 0. The van der Waals surface area contributed by atoms with Crippen LogP contribution in [0.1, 0.15) is 35.9 Å². The maximum absolute atomic E-state index is 12.2. The first-order valence-electron chi connectivity index (χ1n) is 9.43. The molecule has 1 aliphatic heterocycles. The second-order valence-electron chi connectivity index (χ2n) is 7.09. The molecule has 1 unspecified atom stereocenters. The summed E-state index contributed by atoms with van der Waals surface area (Å²) < 4.78 is 10.1. The number of anilines is 1. The summed E-state index contributed by atoms with van der Waals surface area (Å²) in [4.78, 5) is 37.1. The number of hydrogen-bond donors (Lipinski definition) is 1. The highest BCUT2D eigenvalue weighted by Gasteiger charge is 2.25. The van der Waals surface area contributed by atoms with E-state index in [1.54, 1.807) is 18.2 Å². The van der Waals surface area contributed by atoms with Crippen LogP contribution in [-0.2, 0) is 16.1 Å². The quantitative estimate of drug-likeness (QED) is 0.431. The zero-order valence-corrected chi connectivity index (χ0v) is 16.1. The number of nitrogens with one attached hydrogen (secondary N) is 1. The van der Waals surface area contributed by atoms with E-state index < -0.39 is 23.4 Å². The van der Waals surface area contributed by atoms with E-state index in [1.165, 1.54) is 18.4 Å². The zero-order valence-electron chi connectivity index (χ0n) is 16.1. The number of nitrogens with zero attached hydrogens (tertiary/aromatic N) is 2. The van der Waals surface area contributed by atoms with Crippen LogP contribution in [0.2, 0.25) is 0 Å². The largest absolute Gasteiger partial charge is 0.467 e. The number of benzene rings is 1. The van der Waals surface area contributed by atoms with Crippen molar-refractivity contribution in [3.63, 3.8) is 0 Å². The Hall–Kier alpha value is -3.36. The van der Waals surface area contributed by atoms with Crippen molar-refractivity contribution < 1.29 is 23.7 Å². The molecule has 1 aromatic carbocycles. The second kappa shape index (κ2) is 9.22. The number of rotatable bonds is 7. The van der Waals surface area contributed by atoms with E-state index in [4.69, 9.17) is 9.15 Å². The van der Waals surface area contributed by atoms with Crippen molar-refractivity contribution in [2.45, 2.75) is 26.3 Å². The van der Waals surface area contributed by atoms with E-state index in [1.807, 2.05) is 4.90 Å². The molecular formula is C20H23N3O6. The van der Waals surface area contributed by atoms with Gasteiger partial charge in [0, 0.05) is 19.2 Å². The van der Waals surface area contributed by atoms with Gasteiger partial charge >= 0.3 is 5.97 Å². The maximum Gasteiger partial charge on any atom is 0.338 e. The predicted molar refractivity (Wildman–Crippen MR) is 105 cm³/mol. The predicted octanol–water partition coefficient (Wildman–Crippen LogP) is 2.90. The van der Waals surface area contributed by atoms with Gasteiger partial charge in [-0.25, -0.2) is 4.79 Å². The molecule has 0 aliphatic carbocycles. The first-order chi connectivity index (χ1) is 13.9. The molecule has 9 nitrogen and oxygen atoms in total. The summed E-state index contributed by atoms with van der Waals surface area (Å²) in [5, 5.41) is 14.1. The Morgan fingerprint density at radius 3 is 2.90 bits per heavy atom. The first kappa shape index (κ1) is 20.4. The number of hydrogen-bond acceptors (Lipinski definition) is 7. The summed E-state index contributed by atoms with van der Waals surface area (Å²) in [5.41, 5.74) is 0.384. The van der Waals surface area contributed by atoms with Crippen molar-refractivity contribution in [1.82, 2.24) is 5.32 Å². The minimum atomic E-state index is -0.792. The molecule has 1 aliphatic rings. The molecule has 0 saturated carbocycles. The molecule has 29 heavy (non-hydrogen) atoms. The average Bonchev–Trinajstić information content (AvgIpc) is 3.23. The molecular weight excluding hydrogens is 378 g/mol. The third kappa shape index (κ3) is 5.34. The van der Waals surface area contributed by atoms with Crippen LogP contribution >= 0.6 is 0 Å². The first-order valence-corrected chi connectivity index (χ1v) is 9.43. The monoisotopic (exact) mass is 401 g/mol. The molecule has 1 aromatic heterocycles. The Morgan fingerprint density at radius 1 is 1.38 bits per heavy atom. The van der Waals surface area contributed by atoms with Crippen molar-refractivity contribution in [1.29, 1.82) is 0 Å². The lowest BCUT2D eigenvalue weighted by molar-refractivity contribution is -0.384. The molecule has 1 amide bonds. The normalized spacial score (nSPS) is 16.3. The number of piperidine rings is 1. The lowest BCUT2D eigenvalue weighted by atomic mass is 9.99. The van der Waals surface area contributed by atoms with Crippen LogP contribution < -0.4 is 10.2 Å². The Labute approximate surface area is 167 Å². The van der Waals surface area contributed by atoms with Crippen molar-refractivity contribution in [2.24, 2.45) is 5.92 Å². The van der Waals surface area contributed by atoms with E-state index in [-0.39, 0.29) is 17.8 Å². The summed E-state index contributed by atoms with van der Waals surface area (Å²) in [5.74, 6) is -0.265. The number of furan rings is 1. The van der Waals surface area contributed by atoms with E-state index in [0.29, 0.717) is 17.4 Å². The van der Waals surface area contributed by atoms with Gasteiger partial charge in [0.2, 0.25) is 0 Å². The van der Waals surface area contributed by atoms with Crippen molar-refractivity contribution in [2.75, 3.05) is 24.6 Å². The van der Waals surface area contributed by atoms with Crippen LogP contribution in [0.3, 0.4) is 0 Å². The minimum absolute atomic E-state index is 0.0318. The van der Waals surface area contributed by atoms with Gasteiger partial charge in [-0.15, -0.1) is 0 Å². The fourth-order valence-electron chi connectivity index (χ4n) is 3.34. The van der Waals surface area contributed by atoms with Crippen molar-refractivity contribution >= 4 is 23.3 Å². The number of nitro groups is 1. The molecule has 0 bridgehead atoms. The lowest BCUT2D eigenvalue weighted by Gasteiger charge is -2.32. The van der Waals surface area contributed by atoms with Gasteiger partial charge in [-0.2, -0.15) is 0 Å². The average molecular weight is 401 g/mol. The lowest BCUT2D eigenvalue weighted by Crippen LogP contribution is -2.34. The van der Waals surface area contributed by atoms with E-state index >= 15 is 0 Å². The van der Waals surface area contributed by atoms with Gasteiger partial charge in [-0.3, -0.25) is 14.9 Å². The smallest absolute Gasteiger partial charge is 0.338 e. The highest BCUT2D eigenvalue weighted by atomic mass is 16.6. The van der Waals surface area contributed by atoms with Gasteiger partial charge in [0.1, 0.15) is 11.4 Å². The topological polar surface area (TPSA) is 115 Å². The van der Waals surface area contributed by atoms with E-state index in [2.05, 4.69) is 12.2 Å². The van der Waals surface area contributed by atoms with Crippen LogP contribution in [-0.4, -0.2) is 36.5 Å². The number of nitro benzene ring substituents is 1. The number of ether oxygens (including phenoxy) is 1. The molecule has 1 fully saturated rings. The van der Waals surface area contributed by atoms with Crippen LogP contribution in [0, 0.1) is 16.0 Å². The SMILES string of the molecule is CC1CCCN(c2ccc(C(=O)OCC(=O)NCc3ccco3)cc2[N+](=O)[O-])C1. The fourth-order valence-corrected chi connectivity index (χ4v) is 3.34. The molecule has 1 atom stereocenters. The summed E-state index contributed by atoms with van der Waals surface area (Å²) in [6.45, 7) is 3.28. The molecule has 0 radical (unpaired) electrons. The van der Waals surface area contributed by atoms with Crippen molar-refractivity contribution in [3.05, 3.63) is 58.0 Å². The minimum Gasteiger partial charge on any atom is -0.467 e. The highest BCUT2D eigenvalue weighted by molar-refractivity contribution is 5.93. The summed E-state index contributed by atoms with van der Waals surface area (Å²) >= 11 is 0. The third-order valence-corrected chi connectivity index (χ3v) is 4.78. The van der Waals surface area contributed by atoms with Crippen LogP contribution in [0.4, 0.5) is 11.4 Å². The molecule has 3 rings (SSSR count). The summed E-state index contributed by atoms with van der Waals surface area (Å²) in [6.07, 6.45) is 3.55. The molecule has 2 aromatic rings. The van der Waals surface area contributed by atoms with Crippen LogP contribution in [0.15, 0.2) is 41.0 Å². The van der Waals surface area contributed by atoms with Gasteiger partial charge in [0.25, 0.3) is 11.6 Å². The maximum atomic E-state index is 12.2. The third-order valence-electron chi connectivity index (χ3n) is 4.78. The molecule has 2 heterocycles. The Kier molecular flexibility index (Phi) is 6.48. The number of amides is 1.